The molecule has 166 valence electrons. The summed E-state index contributed by atoms with van der Waals surface area (Å²) < 4.78 is 40.7. The van der Waals surface area contributed by atoms with Crippen LogP contribution in [0.4, 0.5) is 13.9 Å². The predicted octanol–water partition coefficient (Wildman–Crippen LogP) is 5.77. The van der Waals surface area contributed by atoms with Crippen molar-refractivity contribution in [2.75, 3.05) is 5.32 Å². The number of pyridine rings is 1. The quantitative estimate of drug-likeness (QED) is 0.337. The molecule has 0 bridgehead atoms. The molecule has 0 radical (unpaired) electrons. The van der Waals surface area contributed by atoms with Crippen LogP contribution in [-0.4, -0.2) is 27.6 Å². The average molecular weight is 468 g/mol. The minimum Gasteiger partial charge on any atom is -0.463 e. The number of furan rings is 1. The first-order valence-electron chi connectivity index (χ1n) is 9.61. The minimum atomic E-state index is -2.96. The molecule has 33 heavy (non-hydrogen) atoms. The Balaban J connectivity index is 1.47. The molecule has 0 aliphatic heterocycles. The lowest BCUT2D eigenvalue weighted by molar-refractivity contribution is -0.0494. The monoisotopic (exact) mass is 468 g/mol. The highest BCUT2D eigenvalue weighted by Gasteiger charge is 2.21. The van der Waals surface area contributed by atoms with Crippen LogP contribution in [0.1, 0.15) is 16.1 Å². The molecule has 5 aromatic rings. The van der Waals surface area contributed by atoms with Gasteiger partial charge >= 0.3 is 6.61 Å². The van der Waals surface area contributed by atoms with Crippen LogP contribution in [0, 0.1) is 6.92 Å². The molecule has 0 unspecified atom stereocenters. The molecule has 0 spiro atoms. The lowest BCUT2D eigenvalue weighted by atomic mass is 10.1. The third-order valence-electron chi connectivity index (χ3n) is 4.74. The summed E-state index contributed by atoms with van der Waals surface area (Å²) in [6.07, 6.45) is 1.50. The fraction of sp³-hybridized carbons (Fsp3) is 0.0909. The number of aromatic nitrogens is 3. The zero-order valence-electron chi connectivity index (χ0n) is 16.9. The van der Waals surface area contributed by atoms with Crippen LogP contribution in [0.5, 0.6) is 5.75 Å². The Morgan fingerprint density at radius 3 is 2.79 bits per heavy atom. The minimum absolute atomic E-state index is 0.00490. The molecule has 5 rings (SSSR count). The van der Waals surface area contributed by atoms with Gasteiger partial charge in [0.25, 0.3) is 11.6 Å². The fourth-order valence-electron chi connectivity index (χ4n) is 3.32. The number of hydrogen-bond acceptors (Lipinski definition) is 8. The Morgan fingerprint density at radius 1 is 1.15 bits per heavy atom. The van der Waals surface area contributed by atoms with Crippen molar-refractivity contribution in [2.24, 2.45) is 0 Å². The Hall–Kier alpha value is -4.12. The Labute approximate surface area is 188 Å². The van der Waals surface area contributed by atoms with E-state index in [0.29, 0.717) is 33.8 Å². The summed E-state index contributed by atoms with van der Waals surface area (Å²) in [5, 5.41) is 9.04. The van der Waals surface area contributed by atoms with Crippen LogP contribution in [0.2, 0.25) is 0 Å². The summed E-state index contributed by atoms with van der Waals surface area (Å²) in [6.45, 7) is -1.26. The third-order valence-corrected chi connectivity index (χ3v) is 5.50. The summed E-state index contributed by atoms with van der Waals surface area (Å²) in [7, 11) is 0. The number of hydrogen-bond donors (Lipinski definition) is 1. The number of rotatable bonds is 6. The molecular formula is C22H14F2N4O4S. The van der Waals surface area contributed by atoms with Crippen molar-refractivity contribution in [3.05, 3.63) is 65.4 Å². The Kier molecular flexibility index (Phi) is 5.31. The lowest BCUT2D eigenvalue weighted by Gasteiger charge is -2.08. The van der Waals surface area contributed by atoms with Crippen LogP contribution < -0.4 is 10.1 Å². The summed E-state index contributed by atoms with van der Waals surface area (Å²) in [6, 6.07) is 11.3. The summed E-state index contributed by atoms with van der Waals surface area (Å²) >= 11 is 1.15. The zero-order chi connectivity index (χ0) is 22.9. The first-order valence-corrected chi connectivity index (χ1v) is 10.5. The number of carbonyl (C=O) groups excluding carboxylic acids is 1. The van der Waals surface area contributed by atoms with Crippen LogP contribution in [-0.2, 0) is 0 Å². The smallest absolute Gasteiger partial charge is 0.387 e. The molecule has 0 fully saturated rings. The van der Waals surface area contributed by atoms with Gasteiger partial charge in [-0.1, -0.05) is 17.3 Å². The molecular weight excluding hydrogens is 454 g/mol. The number of carbonyl (C=O) groups is 1. The van der Waals surface area contributed by atoms with E-state index < -0.39 is 12.5 Å². The topological polar surface area (TPSA) is 103 Å². The van der Waals surface area contributed by atoms with Gasteiger partial charge in [-0.2, -0.15) is 8.78 Å². The van der Waals surface area contributed by atoms with E-state index in [0.717, 1.165) is 11.3 Å². The molecule has 0 saturated heterocycles. The van der Waals surface area contributed by atoms with Crippen molar-refractivity contribution in [2.45, 2.75) is 13.5 Å². The third kappa shape index (κ3) is 4.05. The van der Waals surface area contributed by atoms with Crippen molar-refractivity contribution in [1.82, 2.24) is 15.1 Å². The van der Waals surface area contributed by atoms with Gasteiger partial charge < -0.3 is 13.7 Å². The molecule has 0 saturated carbocycles. The van der Waals surface area contributed by atoms with Crippen molar-refractivity contribution in [1.29, 1.82) is 0 Å². The second-order valence-electron chi connectivity index (χ2n) is 6.85. The number of anilines is 1. The maximum atomic E-state index is 13.2. The Morgan fingerprint density at radius 2 is 2.00 bits per heavy atom. The number of thiazole rings is 1. The number of halogens is 2. The predicted molar refractivity (Wildman–Crippen MR) is 116 cm³/mol. The number of alkyl halides is 2. The van der Waals surface area contributed by atoms with Crippen LogP contribution in [0.25, 0.3) is 33.8 Å². The highest BCUT2D eigenvalue weighted by atomic mass is 32.1. The molecule has 4 heterocycles. The van der Waals surface area contributed by atoms with E-state index >= 15 is 0 Å². The maximum absolute atomic E-state index is 13.2. The van der Waals surface area contributed by atoms with Crippen molar-refractivity contribution in [3.8, 4) is 28.5 Å². The maximum Gasteiger partial charge on any atom is 0.387 e. The molecule has 0 atom stereocenters. The SMILES string of the molecule is Cc1noc2nc(-c3ccco3)cc(C(=O)Nc3nc(-c4ccccc4OC(F)F)cs3)c12. The molecule has 1 aromatic carbocycles. The van der Waals surface area contributed by atoms with Gasteiger partial charge in [-0.15, -0.1) is 11.3 Å². The first-order chi connectivity index (χ1) is 16.0. The van der Waals surface area contributed by atoms with E-state index in [1.807, 2.05) is 0 Å². The van der Waals surface area contributed by atoms with Crippen molar-refractivity contribution >= 4 is 33.5 Å². The number of ether oxygens (including phenoxy) is 1. The number of amides is 1. The van der Waals surface area contributed by atoms with Gasteiger partial charge in [0.15, 0.2) is 10.9 Å². The van der Waals surface area contributed by atoms with Gasteiger partial charge in [0.05, 0.1) is 28.6 Å². The normalized spacial score (nSPS) is 11.3. The number of fused-ring (bicyclic) bond motifs is 1. The molecule has 1 amide bonds. The molecule has 0 aliphatic rings. The van der Waals surface area contributed by atoms with Gasteiger partial charge in [-0.05, 0) is 37.3 Å². The van der Waals surface area contributed by atoms with Gasteiger partial charge in [0.2, 0.25) is 0 Å². The van der Waals surface area contributed by atoms with Crippen LogP contribution >= 0.6 is 11.3 Å². The number of nitrogens with one attached hydrogen (secondary N) is 1. The highest BCUT2D eigenvalue weighted by molar-refractivity contribution is 7.14. The van der Waals surface area contributed by atoms with Gasteiger partial charge in [0, 0.05) is 10.9 Å². The number of aryl methyl sites for hydroxylation is 1. The van der Waals surface area contributed by atoms with E-state index in [9.17, 15) is 13.6 Å². The Bertz CT molecular complexity index is 1450. The van der Waals surface area contributed by atoms with Gasteiger partial charge in [0.1, 0.15) is 11.4 Å². The zero-order valence-corrected chi connectivity index (χ0v) is 17.7. The highest BCUT2D eigenvalue weighted by Crippen LogP contribution is 2.34. The second-order valence-corrected chi connectivity index (χ2v) is 7.71. The van der Waals surface area contributed by atoms with Gasteiger partial charge in [-0.25, -0.2) is 9.97 Å². The second kappa shape index (κ2) is 8.43. The van der Waals surface area contributed by atoms with Crippen molar-refractivity contribution in [3.63, 3.8) is 0 Å². The van der Waals surface area contributed by atoms with Crippen molar-refractivity contribution < 1.29 is 27.3 Å². The van der Waals surface area contributed by atoms with E-state index in [1.54, 1.807) is 48.7 Å². The van der Waals surface area contributed by atoms with E-state index in [-0.39, 0.29) is 22.2 Å². The first kappa shape index (κ1) is 20.8. The number of para-hydroxylation sites is 1. The molecule has 8 nitrogen and oxygen atoms in total. The van der Waals surface area contributed by atoms with E-state index in [4.69, 9.17) is 8.94 Å². The average Bonchev–Trinajstić information content (AvgIpc) is 3.55. The number of nitrogens with zero attached hydrogens (tertiary/aromatic N) is 3. The van der Waals surface area contributed by atoms with Crippen LogP contribution in [0.3, 0.4) is 0 Å². The molecule has 11 heteroatoms. The summed E-state index contributed by atoms with van der Waals surface area (Å²) in [5.41, 5.74) is 2.17. The molecule has 0 aliphatic carbocycles. The molecule has 1 N–H and O–H groups in total. The van der Waals surface area contributed by atoms with Gasteiger partial charge in [-0.3, -0.25) is 10.1 Å². The summed E-state index contributed by atoms with van der Waals surface area (Å²) in [5.74, 6) is 0.00130. The number of benzene rings is 1. The largest absolute Gasteiger partial charge is 0.463 e. The van der Waals surface area contributed by atoms with Crippen LogP contribution in [0.15, 0.2) is 63.0 Å². The molecule has 4 aromatic heterocycles. The standard InChI is InChI=1S/C22H14F2N4O4S/c1-11-18-13(9-14(17-7-4-8-30-17)25-20(18)32-28-11)19(29)27-22-26-15(10-33-22)12-5-2-3-6-16(12)31-21(23)24/h2-10,21H,1H3,(H,26,27,29). The van der Waals surface area contributed by atoms with E-state index in [1.165, 1.54) is 12.3 Å². The fourth-order valence-corrected chi connectivity index (χ4v) is 4.03. The summed E-state index contributed by atoms with van der Waals surface area (Å²) in [4.78, 5) is 21.9. The van der Waals surface area contributed by atoms with E-state index in [2.05, 4.69) is 25.2 Å². The lowest BCUT2D eigenvalue weighted by Crippen LogP contribution is -2.13.